The Morgan fingerprint density at radius 1 is 0.900 bits per heavy atom. The summed E-state index contributed by atoms with van der Waals surface area (Å²) in [7, 11) is 0. The molecule has 1 rings (SSSR count). The fourth-order valence-electron chi connectivity index (χ4n) is 3.24. The van der Waals surface area contributed by atoms with Crippen molar-refractivity contribution < 1.29 is 9.52 Å². The van der Waals surface area contributed by atoms with E-state index in [2.05, 4.69) is 20.8 Å². The van der Waals surface area contributed by atoms with Crippen LogP contribution in [0.4, 0.5) is 0 Å². The van der Waals surface area contributed by atoms with Crippen molar-refractivity contribution in [3.63, 3.8) is 0 Å². The van der Waals surface area contributed by atoms with Crippen molar-refractivity contribution in [1.82, 2.24) is 0 Å². The fraction of sp³-hybridized carbons (Fsp3) is 0.765. The van der Waals surface area contributed by atoms with Crippen molar-refractivity contribution in [1.29, 1.82) is 0 Å². The summed E-state index contributed by atoms with van der Waals surface area (Å²) >= 11 is -2.38. The number of unbranched alkanes of at least 4 members (excludes halogenated alkanes) is 3. The predicted octanol–water partition coefficient (Wildman–Crippen LogP) is 4.83. The van der Waals surface area contributed by atoms with Gasteiger partial charge >= 0.3 is 129 Å². The van der Waals surface area contributed by atoms with Gasteiger partial charge in [0.2, 0.25) is 0 Å². The van der Waals surface area contributed by atoms with Crippen LogP contribution >= 0.6 is 0 Å². The molecule has 0 aliphatic rings. The monoisotopic (exact) mass is 388 g/mol. The average Bonchev–Trinajstić information content (AvgIpc) is 2.96. The number of rotatable bonds is 11. The Bertz CT molecular complexity index is 338. The Balaban J connectivity index is 3.04. The van der Waals surface area contributed by atoms with Crippen molar-refractivity contribution in [2.75, 3.05) is 0 Å². The first-order chi connectivity index (χ1) is 9.74. The van der Waals surface area contributed by atoms with Crippen molar-refractivity contribution in [3.8, 4) is 0 Å². The molecular weight excluding hydrogens is 355 g/mol. The van der Waals surface area contributed by atoms with Crippen molar-refractivity contribution in [2.24, 2.45) is 0 Å². The van der Waals surface area contributed by atoms with E-state index >= 15 is 0 Å². The molecule has 0 aliphatic carbocycles. The summed E-state index contributed by atoms with van der Waals surface area (Å²) in [6.45, 7) is 7.02. The molecule has 0 fully saturated rings. The third kappa shape index (κ3) is 4.80. The molecule has 0 atom stereocenters. The molecule has 0 amide bonds. The van der Waals surface area contributed by atoms with Crippen LogP contribution in [0.15, 0.2) is 16.9 Å². The van der Waals surface area contributed by atoms with E-state index in [0.29, 0.717) is 0 Å². The Labute approximate surface area is 128 Å². The minimum atomic E-state index is -2.38. The standard InChI is InChI=1S/C5H5O2.3C4H9.Sn/c6-3-5-1-2-7-4-5;3*1-3-4-2;/h2,4,6H,3H2;3*1,3-4H2,2H3;. The van der Waals surface area contributed by atoms with Gasteiger partial charge in [-0.3, -0.25) is 0 Å². The van der Waals surface area contributed by atoms with Crippen LogP contribution in [0.25, 0.3) is 0 Å². The first-order valence-corrected chi connectivity index (χ1v) is 15.9. The van der Waals surface area contributed by atoms with Crippen LogP contribution in [0.1, 0.15) is 64.9 Å². The van der Waals surface area contributed by atoms with E-state index in [1.165, 1.54) is 55.4 Å². The van der Waals surface area contributed by atoms with Crippen LogP contribution in [0, 0.1) is 0 Å². The van der Waals surface area contributed by atoms with Gasteiger partial charge in [-0.2, -0.15) is 0 Å². The van der Waals surface area contributed by atoms with Gasteiger partial charge in [0.25, 0.3) is 0 Å². The number of hydrogen-bond donors (Lipinski definition) is 1. The first kappa shape index (κ1) is 18.1. The van der Waals surface area contributed by atoms with E-state index in [0.717, 1.165) is 5.56 Å². The number of hydrogen-bond acceptors (Lipinski definition) is 2. The van der Waals surface area contributed by atoms with Crippen LogP contribution in [-0.4, -0.2) is 23.5 Å². The molecule has 0 spiro atoms. The molecule has 0 saturated heterocycles. The summed E-state index contributed by atoms with van der Waals surface area (Å²) in [5, 5.41) is 9.62. The Morgan fingerprint density at radius 2 is 1.40 bits per heavy atom. The molecule has 2 nitrogen and oxygen atoms in total. The van der Waals surface area contributed by atoms with Crippen LogP contribution in [0.5, 0.6) is 0 Å². The van der Waals surface area contributed by atoms with Gasteiger partial charge in [0.15, 0.2) is 0 Å². The first-order valence-electron chi connectivity index (χ1n) is 8.40. The molecule has 3 heteroatoms. The van der Waals surface area contributed by atoms with E-state index in [1.54, 1.807) is 6.26 Å². The Hall–Kier alpha value is 0.0387. The van der Waals surface area contributed by atoms with Gasteiger partial charge in [-0.25, -0.2) is 0 Å². The maximum absolute atomic E-state index is 9.62. The van der Waals surface area contributed by atoms with Gasteiger partial charge in [0.1, 0.15) is 0 Å². The number of aliphatic hydroxyl groups is 1. The van der Waals surface area contributed by atoms with Crippen LogP contribution in [0.3, 0.4) is 0 Å². The molecule has 1 aromatic heterocycles. The topological polar surface area (TPSA) is 33.4 Å². The van der Waals surface area contributed by atoms with Crippen LogP contribution in [-0.2, 0) is 6.61 Å². The van der Waals surface area contributed by atoms with E-state index in [-0.39, 0.29) is 6.61 Å². The SMILES string of the molecule is CCC[CH2][Sn]([CH2]CCC)([CH2]CCC)[c]1cocc1CO. The maximum atomic E-state index is 9.62. The van der Waals surface area contributed by atoms with Crippen LogP contribution in [0.2, 0.25) is 13.3 Å². The van der Waals surface area contributed by atoms with Gasteiger partial charge in [0, 0.05) is 0 Å². The zero-order valence-corrected chi connectivity index (χ0v) is 16.4. The van der Waals surface area contributed by atoms with Gasteiger partial charge in [-0.05, 0) is 0 Å². The average molecular weight is 387 g/mol. The van der Waals surface area contributed by atoms with Gasteiger partial charge in [0.05, 0.1) is 0 Å². The van der Waals surface area contributed by atoms with E-state index in [1.807, 2.05) is 6.26 Å². The minimum absolute atomic E-state index is 0.148. The Morgan fingerprint density at radius 3 is 1.80 bits per heavy atom. The van der Waals surface area contributed by atoms with Gasteiger partial charge < -0.3 is 0 Å². The Kier molecular flexibility index (Phi) is 8.94. The molecular formula is C17H32O2Sn. The predicted molar refractivity (Wildman–Crippen MR) is 89.2 cm³/mol. The number of aliphatic hydroxyl groups excluding tert-OH is 1. The van der Waals surface area contributed by atoms with E-state index < -0.39 is 18.4 Å². The van der Waals surface area contributed by atoms with Gasteiger partial charge in [-0.15, -0.1) is 0 Å². The number of furan rings is 1. The summed E-state index contributed by atoms with van der Waals surface area (Å²) in [5.74, 6) is 0. The molecule has 1 heterocycles. The molecule has 0 unspecified atom stereocenters. The zero-order valence-electron chi connectivity index (χ0n) is 13.6. The molecule has 0 bridgehead atoms. The third-order valence-electron chi connectivity index (χ3n) is 4.51. The molecule has 1 N–H and O–H groups in total. The summed E-state index contributed by atoms with van der Waals surface area (Å²) < 4.78 is 11.2. The quantitative estimate of drug-likeness (QED) is 0.552. The van der Waals surface area contributed by atoms with Crippen molar-refractivity contribution in [2.45, 2.75) is 79.2 Å². The molecule has 20 heavy (non-hydrogen) atoms. The molecule has 0 radical (unpaired) electrons. The molecule has 116 valence electrons. The molecule has 1 aromatic rings. The third-order valence-corrected chi connectivity index (χ3v) is 20.2. The second kappa shape index (κ2) is 9.88. The summed E-state index contributed by atoms with van der Waals surface area (Å²) in [6.07, 6.45) is 11.7. The van der Waals surface area contributed by atoms with Crippen LogP contribution < -0.4 is 3.58 Å². The molecule has 0 saturated carbocycles. The normalized spacial score (nSPS) is 12.0. The zero-order chi connectivity index (χ0) is 14.8. The van der Waals surface area contributed by atoms with E-state index in [9.17, 15) is 5.11 Å². The molecule has 0 aromatic carbocycles. The second-order valence-electron chi connectivity index (χ2n) is 6.06. The van der Waals surface area contributed by atoms with Crippen molar-refractivity contribution in [3.05, 3.63) is 18.1 Å². The summed E-state index contributed by atoms with van der Waals surface area (Å²) in [5.41, 5.74) is 1.09. The summed E-state index contributed by atoms with van der Waals surface area (Å²) in [6, 6.07) is 0. The van der Waals surface area contributed by atoms with E-state index in [4.69, 9.17) is 4.42 Å². The fourth-order valence-corrected chi connectivity index (χ4v) is 19.8. The van der Waals surface area contributed by atoms with Crippen molar-refractivity contribution >= 4 is 22.0 Å². The second-order valence-corrected chi connectivity index (χ2v) is 19.2. The summed E-state index contributed by atoms with van der Waals surface area (Å²) in [4.78, 5) is 0. The molecule has 0 aliphatic heterocycles. The van der Waals surface area contributed by atoms with Gasteiger partial charge in [-0.1, -0.05) is 0 Å².